The van der Waals surface area contributed by atoms with E-state index in [9.17, 15) is 18.4 Å². The molecule has 0 radical (unpaired) electrons. The molecule has 0 unspecified atom stereocenters. The lowest BCUT2D eigenvalue weighted by atomic mass is 10.3. The first-order valence-corrected chi connectivity index (χ1v) is 8.49. The average Bonchev–Trinajstić information content (AvgIpc) is 2.58. The molecule has 1 heterocycles. The fraction of sp³-hybridized carbons (Fsp3) is 0.0667. The lowest BCUT2D eigenvalue weighted by Crippen LogP contribution is -2.45. The largest absolute Gasteiger partial charge is 0.594 e. The number of rotatable bonds is 3. The SMILES string of the molecule is CC(=O)On1c(=N)n[n+]([O-])c2ccc(S(=O)(=O)c3ccccc3)cc21. The van der Waals surface area contributed by atoms with Crippen LogP contribution in [0.3, 0.4) is 0 Å². The maximum atomic E-state index is 12.7. The van der Waals surface area contributed by atoms with Crippen LogP contribution >= 0.6 is 0 Å². The Hall–Kier alpha value is -3.27. The second-order valence-corrected chi connectivity index (χ2v) is 6.99. The van der Waals surface area contributed by atoms with Crippen molar-refractivity contribution in [2.75, 3.05) is 0 Å². The summed E-state index contributed by atoms with van der Waals surface area (Å²) in [5, 5.41) is 22.9. The van der Waals surface area contributed by atoms with E-state index in [1.807, 2.05) is 0 Å². The molecule has 0 aliphatic heterocycles. The predicted molar refractivity (Wildman–Crippen MR) is 83.7 cm³/mol. The Morgan fingerprint density at radius 3 is 2.52 bits per heavy atom. The van der Waals surface area contributed by atoms with Crippen LogP contribution in [0.5, 0.6) is 0 Å². The summed E-state index contributed by atoms with van der Waals surface area (Å²) in [6.45, 7) is 1.11. The molecule has 128 valence electrons. The molecule has 0 bridgehead atoms. The van der Waals surface area contributed by atoms with Crippen molar-refractivity contribution >= 4 is 26.8 Å². The topological polar surface area (TPSA) is 129 Å². The van der Waals surface area contributed by atoms with E-state index in [0.717, 1.165) is 13.0 Å². The first kappa shape index (κ1) is 16.6. The standard InChI is InChI=1S/C15H12N4O5S/c1-10(20)24-18-14-9-12(7-8-13(14)19(21)17-15(18)16)25(22,23)11-5-3-2-4-6-11/h2-9,16H,1H3. The van der Waals surface area contributed by atoms with Gasteiger partial charge in [-0.1, -0.05) is 18.2 Å². The number of aromatic nitrogens is 3. The zero-order valence-electron chi connectivity index (χ0n) is 12.9. The van der Waals surface area contributed by atoms with Gasteiger partial charge in [0.15, 0.2) is 5.52 Å². The zero-order chi connectivity index (χ0) is 18.2. The number of carbonyl (C=O) groups is 1. The number of benzene rings is 2. The Bertz CT molecular complexity index is 1140. The smallest absolute Gasteiger partial charge is 0.330 e. The first-order chi connectivity index (χ1) is 11.8. The average molecular weight is 360 g/mol. The summed E-state index contributed by atoms with van der Waals surface area (Å²) in [7, 11) is -3.85. The molecule has 0 spiro atoms. The van der Waals surface area contributed by atoms with E-state index in [-0.39, 0.29) is 25.7 Å². The van der Waals surface area contributed by atoms with Gasteiger partial charge < -0.3 is 10.0 Å². The molecule has 0 aliphatic carbocycles. The molecule has 3 rings (SSSR count). The Labute approximate surface area is 141 Å². The number of nitrogens with zero attached hydrogens (tertiary/aromatic N) is 3. The summed E-state index contributed by atoms with van der Waals surface area (Å²) in [5.74, 6) is -0.749. The highest BCUT2D eigenvalue weighted by Crippen LogP contribution is 2.22. The third kappa shape index (κ3) is 2.94. The van der Waals surface area contributed by atoms with E-state index in [2.05, 4.69) is 5.10 Å². The zero-order valence-corrected chi connectivity index (χ0v) is 13.7. The highest BCUT2D eigenvalue weighted by Gasteiger charge is 2.22. The van der Waals surface area contributed by atoms with E-state index in [1.54, 1.807) is 18.2 Å². The van der Waals surface area contributed by atoms with Crippen LogP contribution in [0.2, 0.25) is 0 Å². The van der Waals surface area contributed by atoms with E-state index >= 15 is 0 Å². The number of sulfone groups is 1. The van der Waals surface area contributed by atoms with Crippen LogP contribution in [-0.2, 0) is 14.6 Å². The van der Waals surface area contributed by atoms with Gasteiger partial charge in [0, 0.05) is 13.0 Å². The molecule has 0 saturated carbocycles. The molecule has 0 aliphatic rings. The minimum atomic E-state index is -3.85. The molecular formula is C15H12N4O5S. The number of hydrogen-bond acceptors (Lipinski definition) is 7. The van der Waals surface area contributed by atoms with E-state index in [4.69, 9.17) is 10.2 Å². The van der Waals surface area contributed by atoms with Gasteiger partial charge in [0.2, 0.25) is 9.84 Å². The van der Waals surface area contributed by atoms with Gasteiger partial charge in [0.1, 0.15) is 0 Å². The third-order valence-corrected chi connectivity index (χ3v) is 5.10. The summed E-state index contributed by atoms with van der Waals surface area (Å²) in [5.41, 5.74) is -0.765. The van der Waals surface area contributed by atoms with Gasteiger partial charge in [-0.25, -0.2) is 13.2 Å². The number of fused-ring (bicyclic) bond motifs is 1. The summed E-state index contributed by atoms with van der Waals surface area (Å²) >= 11 is 0. The highest BCUT2D eigenvalue weighted by molar-refractivity contribution is 7.91. The fourth-order valence-corrected chi connectivity index (χ4v) is 3.55. The quantitative estimate of drug-likeness (QED) is 0.515. The van der Waals surface area contributed by atoms with Gasteiger partial charge in [-0.15, -0.1) is 4.73 Å². The molecule has 0 saturated heterocycles. The van der Waals surface area contributed by atoms with Gasteiger partial charge >= 0.3 is 11.6 Å². The van der Waals surface area contributed by atoms with Crippen LogP contribution in [0.1, 0.15) is 6.92 Å². The van der Waals surface area contributed by atoms with Crippen molar-refractivity contribution in [3.63, 3.8) is 0 Å². The van der Waals surface area contributed by atoms with Crippen LogP contribution in [0.15, 0.2) is 58.3 Å². The molecule has 25 heavy (non-hydrogen) atoms. The summed E-state index contributed by atoms with van der Waals surface area (Å²) in [6.07, 6.45) is 0. The van der Waals surface area contributed by atoms with Gasteiger partial charge in [0.25, 0.3) is 5.52 Å². The van der Waals surface area contributed by atoms with Gasteiger partial charge in [0.05, 0.1) is 14.9 Å². The predicted octanol–water partition coefficient (Wildman–Crippen LogP) is -0.0429. The molecule has 3 aromatic rings. The Kier molecular flexibility index (Phi) is 3.97. The minimum absolute atomic E-state index is 0.0516. The Balaban J connectivity index is 2.30. The van der Waals surface area contributed by atoms with Gasteiger partial charge in [-0.05, 0) is 29.1 Å². The van der Waals surface area contributed by atoms with Crippen LogP contribution in [0, 0.1) is 10.6 Å². The molecule has 10 heteroatoms. The summed E-state index contributed by atoms with van der Waals surface area (Å²) in [6, 6.07) is 11.4. The monoisotopic (exact) mass is 360 g/mol. The van der Waals surface area contributed by atoms with Crippen molar-refractivity contribution in [2.45, 2.75) is 16.7 Å². The van der Waals surface area contributed by atoms with Crippen LogP contribution < -0.4 is 15.3 Å². The molecule has 2 aromatic carbocycles. The van der Waals surface area contributed by atoms with Crippen LogP contribution in [-0.4, -0.2) is 24.2 Å². The van der Waals surface area contributed by atoms with Crippen molar-refractivity contribution in [1.82, 2.24) is 9.83 Å². The van der Waals surface area contributed by atoms with Crippen molar-refractivity contribution in [2.24, 2.45) is 0 Å². The molecule has 1 N–H and O–H groups in total. The molecule has 0 atom stereocenters. The Morgan fingerprint density at radius 1 is 1.20 bits per heavy atom. The van der Waals surface area contributed by atoms with Crippen molar-refractivity contribution < 1.29 is 22.9 Å². The first-order valence-electron chi connectivity index (χ1n) is 7.01. The van der Waals surface area contributed by atoms with Gasteiger partial charge in [-0.2, -0.15) is 0 Å². The maximum Gasteiger partial charge on any atom is 0.330 e. The second kappa shape index (κ2) is 5.98. The fourth-order valence-electron chi connectivity index (χ4n) is 2.25. The summed E-state index contributed by atoms with van der Waals surface area (Å²) < 4.78 is 26.1. The maximum absolute atomic E-state index is 12.7. The highest BCUT2D eigenvalue weighted by atomic mass is 32.2. The third-order valence-electron chi connectivity index (χ3n) is 3.33. The lowest BCUT2D eigenvalue weighted by molar-refractivity contribution is -0.645. The molecular weight excluding hydrogens is 348 g/mol. The van der Waals surface area contributed by atoms with Crippen LogP contribution in [0.4, 0.5) is 0 Å². The van der Waals surface area contributed by atoms with Gasteiger partial charge in [-0.3, -0.25) is 5.41 Å². The van der Waals surface area contributed by atoms with E-state index in [1.165, 1.54) is 24.3 Å². The molecule has 9 nitrogen and oxygen atoms in total. The number of carbonyl (C=O) groups excluding carboxylic acids is 1. The normalized spacial score (nSPS) is 11.4. The number of nitrogens with one attached hydrogen (secondary N) is 1. The Morgan fingerprint density at radius 2 is 1.88 bits per heavy atom. The summed E-state index contributed by atoms with van der Waals surface area (Å²) in [4.78, 5) is 16.2. The minimum Gasteiger partial charge on any atom is -0.594 e. The van der Waals surface area contributed by atoms with Crippen molar-refractivity contribution in [3.8, 4) is 0 Å². The molecule has 0 amide bonds. The second-order valence-electron chi connectivity index (χ2n) is 5.04. The number of hydrogen-bond donors (Lipinski definition) is 1. The van der Waals surface area contributed by atoms with Crippen molar-refractivity contribution in [3.05, 3.63) is 59.4 Å². The lowest BCUT2D eigenvalue weighted by Gasteiger charge is -2.10. The molecule has 0 fully saturated rings. The van der Waals surface area contributed by atoms with E-state index < -0.39 is 21.4 Å². The molecule has 1 aromatic heterocycles. The van der Waals surface area contributed by atoms with E-state index in [0.29, 0.717) is 4.73 Å². The van der Waals surface area contributed by atoms with Crippen molar-refractivity contribution in [1.29, 1.82) is 5.41 Å². The van der Waals surface area contributed by atoms with Crippen LogP contribution in [0.25, 0.3) is 11.0 Å².